The van der Waals surface area contributed by atoms with Gasteiger partial charge in [-0.05, 0) is 62.2 Å². The number of imidazole rings is 1. The maximum absolute atomic E-state index is 13.5. The summed E-state index contributed by atoms with van der Waals surface area (Å²) in [5.74, 6) is -1.22. The topological polar surface area (TPSA) is 110 Å². The van der Waals surface area contributed by atoms with Gasteiger partial charge >= 0.3 is 5.91 Å². The quantitative estimate of drug-likeness (QED) is 0.196. The lowest BCUT2D eigenvalue weighted by Gasteiger charge is -2.22. The first-order valence-electron chi connectivity index (χ1n) is 12.1. The summed E-state index contributed by atoms with van der Waals surface area (Å²) in [5.41, 5.74) is 3.67. The molecule has 1 N–H and O–H groups in total. The number of fused-ring (bicyclic) bond motifs is 2. The molecule has 1 aromatic carbocycles. The molecule has 5 heterocycles. The average Bonchev–Trinajstić information content (AvgIpc) is 3.57. The zero-order valence-electron chi connectivity index (χ0n) is 20.9. The van der Waals surface area contributed by atoms with Crippen molar-refractivity contribution in [2.24, 2.45) is 0 Å². The van der Waals surface area contributed by atoms with Gasteiger partial charge in [0.25, 0.3) is 5.78 Å². The number of benzene rings is 1. The van der Waals surface area contributed by atoms with Gasteiger partial charge in [-0.2, -0.15) is 0 Å². The molecule has 0 saturated carbocycles. The van der Waals surface area contributed by atoms with Gasteiger partial charge in [-0.15, -0.1) is 0 Å². The number of aromatic nitrogens is 4. The smallest absolute Gasteiger partial charge is 0.301 e. The number of amides is 1. The van der Waals surface area contributed by atoms with Crippen LogP contribution in [0.1, 0.15) is 35.5 Å². The summed E-state index contributed by atoms with van der Waals surface area (Å²) in [6.07, 6.45) is 5.03. The van der Waals surface area contributed by atoms with Gasteiger partial charge in [0, 0.05) is 18.6 Å². The van der Waals surface area contributed by atoms with Crippen LogP contribution in [0.25, 0.3) is 21.6 Å². The number of carbonyl (C=O) groups excluding carboxylic acids is 2. The number of hydrogen-bond donors (Lipinski definition) is 1. The fourth-order valence-electron chi connectivity index (χ4n) is 4.81. The molecule has 1 aliphatic heterocycles. The van der Waals surface area contributed by atoms with Crippen LogP contribution < -0.4 is 9.64 Å². The molecule has 6 rings (SSSR count). The number of hydrogen-bond acceptors (Lipinski definition) is 8. The molecule has 9 nitrogen and oxygen atoms in total. The number of aliphatic hydroxyl groups excluding tert-OH is 1. The molecule has 4 aromatic heterocycles. The van der Waals surface area contributed by atoms with Crippen molar-refractivity contribution in [1.29, 1.82) is 0 Å². The number of carbonyl (C=O) groups is 2. The molecule has 38 heavy (non-hydrogen) atoms. The normalized spacial score (nSPS) is 17.1. The lowest BCUT2D eigenvalue weighted by Crippen LogP contribution is -2.29. The number of pyridine rings is 2. The molecule has 190 valence electrons. The van der Waals surface area contributed by atoms with Gasteiger partial charge in [0.05, 0.1) is 34.1 Å². The number of Topliss-reactive ketones (excluding diaryl/α,β-unsaturated/α-hetero) is 1. The first kappa shape index (κ1) is 23.8. The summed E-state index contributed by atoms with van der Waals surface area (Å²) in [6.45, 7) is 6.16. The third-order valence-corrected chi connectivity index (χ3v) is 7.64. The van der Waals surface area contributed by atoms with Gasteiger partial charge in [0.1, 0.15) is 17.1 Å². The SMILES string of the molecule is CCOc1ccc2nc(N3C(=O)C(=O)C(=C(O)c4nc5c(C)cccn5c4C)C3c3cccnc3)sc2c1. The summed E-state index contributed by atoms with van der Waals surface area (Å²) >= 11 is 1.27. The van der Waals surface area contributed by atoms with Crippen molar-refractivity contribution in [1.82, 2.24) is 19.4 Å². The highest BCUT2D eigenvalue weighted by Gasteiger charge is 2.48. The van der Waals surface area contributed by atoms with Crippen molar-refractivity contribution in [2.75, 3.05) is 11.5 Å². The van der Waals surface area contributed by atoms with E-state index in [-0.39, 0.29) is 17.0 Å². The van der Waals surface area contributed by atoms with Crippen LogP contribution in [0.5, 0.6) is 5.75 Å². The standard InChI is InChI=1S/C28H23N5O4S/c1-4-37-18-9-10-19-20(13-18)38-28(30-19)33-23(17-8-5-11-29-14-17)21(25(35)27(33)36)24(34)22-16(3)32-12-6-7-15(2)26(32)31-22/h5-14,23,34H,4H2,1-3H3. The number of rotatable bonds is 5. The summed E-state index contributed by atoms with van der Waals surface area (Å²) in [5, 5.41) is 11.9. The summed E-state index contributed by atoms with van der Waals surface area (Å²) in [4.78, 5) is 41.9. The Morgan fingerprint density at radius 1 is 1.13 bits per heavy atom. The molecular weight excluding hydrogens is 502 g/mol. The number of aryl methyl sites for hydroxylation is 2. The van der Waals surface area contributed by atoms with E-state index in [1.807, 2.05) is 61.7 Å². The van der Waals surface area contributed by atoms with E-state index in [0.717, 1.165) is 10.3 Å². The fraction of sp³-hybridized carbons (Fsp3) is 0.179. The van der Waals surface area contributed by atoms with Crippen LogP contribution in [-0.4, -0.2) is 42.8 Å². The highest BCUT2D eigenvalue weighted by atomic mass is 32.1. The Hall–Kier alpha value is -4.57. The van der Waals surface area contributed by atoms with Gasteiger partial charge < -0.3 is 14.2 Å². The number of aliphatic hydroxyl groups is 1. The molecule has 0 radical (unpaired) electrons. The third kappa shape index (κ3) is 3.64. The Morgan fingerprint density at radius 2 is 1.97 bits per heavy atom. The molecule has 1 fully saturated rings. The van der Waals surface area contributed by atoms with E-state index in [2.05, 4.69) is 15.0 Å². The third-order valence-electron chi connectivity index (χ3n) is 6.62. The molecular formula is C28H23N5O4S. The molecule has 1 atom stereocenters. The van der Waals surface area contributed by atoms with Crippen LogP contribution in [0.3, 0.4) is 0 Å². The molecule has 1 aliphatic rings. The molecule has 10 heteroatoms. The predicted molar refractivity (Wildman–Crippen MR) is 144 cm³/mol. The number of ether oxygens (including phenoxy) is 1. The van der Waals surface area contributed by atoms with Crippen molar-refractivity contribution in [3.8, 4) is 5.75 Å². The minimum Gasteiger partial charge on any atom is -0.505 e. The Balaban J connectivity index is 1.55. The first-order valence-corrected chi connectivity index (χ1v) is 12.9. The molecule has 1 unspecified atom stereocenters. The number of ketones is 1. The summed E-state index contributed by atoms with van der Waals surface area (Å²) in [7, 11) is 0. The maximum atomic E-state index is 13.5. The minimum atomic E-state index is -0.930. The monoisotopic (exact) mass is 525 g/mol. The van der Waals surface area contributed by atoms with Crippen LogP contribution >= 0.6 is 11.3 Å². The van der Waals surface area contributed by atoms with Gasteiger partial charge in [-0.25, -0.2) is 9.97 Å². The van der Waals surface area contributed by atoms with Crippen molar-refractivity contribution in [3.05, 3.63) is 89.1 Å². The van der Waals surface area contributed by atoms with Crippen LogP contribution in [0.4, 0.5) is 5.13 Å². The van der Waals surface area contributed by atoms with Crippen molar-refractivity contribution < 1.29 is 19.4 Å². The van der Waals surface area contributed by atoms with E-state index in [9.17, 15) is 14.7 Å². The lowest BCUT2D eigenvalue weighted by molar-refractivity contribution is -0.132. The van der Waals surface area contributed by atoms with Gasteiger partial charge in [0.2, 0.25) is 0 Å². The van der Waals surface area contributed by atoms with E-state index in [0.29, 0.717) is 39.9 Å². The van der Waals surface area contributed by atoms with E-state index in [1.54, 1.807) is 24.5 Å². The van der Waals surface area contributed by atoms with Crippen molar-refractivity contribution in [3.63, 3.8) is 0 Å². The minimum absolute atomic E-state index is 0.0542. The van der Waals surface area contributed by atoms with E-state index in [4.69, 9.17) is 4.74 Å². The summed E-state index contributed by atoms with van der Waals surface area (Å²) in [6, 6.07) is 11.9. The van der Waals surface area contributed by atoms with Gasteiger partial charge in [-0.1, -0.05) is 23.5 Å². The second-order valence-electron chi connectivity index (χ2n) is 8.95. The van der Waals surface area contributed by atoms with Crippen molar-refractivity contribution in [2.45, 2.75) is 26.8 Å². The van der Waals surface area contributed by atoms with Gasteiger partial charge in [-0.3, -0.25) is 19.5 Å². The Morgan fingerprint density at radius 3 is 2.71 bits per heavy atom. The number of nitrogens with zero attached hydrogens (tertiary/aromatic N) is 5. The van der Waals surface area contributed by atoms with Crippen LogP contribution in [0.15, 0.2) is 66.6 Å². The van der Waals surface area contributed by atoms with Crippen LogP contribution in [-0.2, 0) is 9.59 Å². The molecule has 0 aliphatic carbocycles. The highest BCUT2D eigenvalue weighted by molar-refractivity contribution is 7.22. The van der Waals surface area contributed by atoms with Gasteiger partial charge in [0.15, 0.2) is 10.9 Å². The molecule has 1 amide bonds. The Kier molecular flexibility index (Phi) is 5.68. The molecule has 0 bridgehead atoms. The highest BCUT2D eigenvalue weighted by Crippen LogP contribution is 2.44. The van der Waals surface area contributed by atoms with E-state index in [1.165, 1.54) is 16.2 Å². The summed E-state index contributed by atoms with van der Waals surface area (Å²) < 4.78 is 8.27. The lowest BCUT2D eigenvalue weighted by atomic mass is 9.97. The molecule has 1 saturated heterocycles. The van der Waals surface area contributed by atoms with Crippen LogP contribution in [0, 0.1) is 13.8 Å². The largest absolute Gasteiger partial charge is 0.505 e. The second kappa shape index (κ2) is 9.07. The predicted octanol–water partition coefficient (Wildman–Crippen LogP) is 4.98. The Labute approximate surface area is 221 Å². The maximum Gasteiger partial charge on any atom is 0.301 e. The number of thiazole rings is 1. The van der Waals surface area contributed by atoms with Crippen molar-refractivity contribution >= 4 is 49.8 Å². The van der Waals surface area contributed by atoms with E-state index < -0.39 is 17.7 Å². The van der Waals surface area contributed by atoms with Crippen LogP contribution in [0.2, 0.25) is 0 Å². The molecule has 5 aromatic rings. The first-order chi connectivity index (χ1) is 18.4. The zero-order valence-corrected chi connectivity index (χ0v) is 21.7. The van der Waals surface area contributed by atoms with E-state index >= 15 is 0 Å². The molecule has 0 spiro atoms. The second-order valence-corrected chi connectivity index (χ2v) is 9.95. The Bertz CT molecular complexity index is 1770. The number of anilines is 1. The fourth-order valence-corrected chi connectivity index (χ4v) is 5.83. The zero-order chi connectivity index (χ0) is 26.6. The average molecular weight is 526 g/mol.